The van der Waals surface area contributed by atoms with Gasteiger partial charge in [0.2, 0.25) is 0 Å². The minimum Gasteiger partial charge on any atom is -0.497 e. The minimum absolute atomic E-state index is 0.00000503. The molecule has 2 rings (SSSR count). The summed E-state index contributed by atoms with van der Waals surface area (Å²) in [6.07, 6.45) is 2.98. The van der Waals surface area contributed by atoms with Crippen molar-refractivity contribution in [2.75, 3.05) is 14.2 Å². The van der Waals surface area contributed by atoms with Crippen molar-refractivity contribution in [3.63, 3.8) is 0 Å². The standard InChI is InChI=1S/C18H16F2O4/c1-22-15-8-10-17(23-2)13(11-15)5-9-16(21)12-3-6-14(7-4-12)24-18(19)20/h3-11,18H,1-2H3/b9-5+. The molecule has 0 aromatic heterocycles. The molecule has 6 heteroatoms. The van der Waals surface area contributed by atoms with E-state index in [0.717, 1.165) is 0 Å². The number of ketones is 1. The van der Waals surface area contributed by atoms with E-state index in [1.165, 1.54) is 37.5 Å². The fraction of sp³-hybridized carbons (Fsp3) is 0.167. The van der Waals surface area contributed by atoms with Gasteiger partial charge in [-0.1, -0.05) is 0 Å². The second kappa shape index (κ2) is 8.10. The first-order valence-corrected chi connectivity index (χ1v) is 7.03. The zero-order valence-corrected chi connectivity index (χ0v) is 13.2. The number of hydrogen-bond donors (Lipinski definition) is 0. The van der Waals surface area contributed by atoms with Crippen LogP contribution in [-0.4, -0.2) is 26.6 Å². The summed E-state index contributed by atoms with van der Waals surface area (Å²) in [5.41, 5.74) is 1.04. The molecule has 0 saturated carbocycles. The van der Waals surface area contributed by atoms with Crippen molar-refractivity contribution >= 4 is 11.9 Å². The summed E-state index contributed by atoms with van der Waals surface area (Å²) in [5.74, 6) is 0.959. The highest BCUT2D eigenvalue weighted by Crippen LogP contribution is 2.25. The highest BCUT2D eigenvalue weighted by atomic mass is 19.3. The number of benzene rings is 2. The number of rotatable bonds is 7. The lowest BCUT2D eigenvalue weighted by Crippen LogP contribution is -2.02. The van der Waals surface area contributed by atoms with Crippen LogP contribution in [0, 0.1) is 0 Å². The molecule has 0 amide bonds. The summed E-state index contributed by atoms with van der Waals surface area (Å²) in [6.45, 7) is -2.90. The predicted octanol–water partition coefficient (Wildman–Crippen LogP) is 4.20. The van der Waals surface area contributed by atoms with Gasteiger partial charge in [0.1, 0.15) is 17.2 Å². The fourth-order valence-electron chi connectivity index (χ4n) is 2.03. The van der Waals surface area contributed by atoms with E-state index in [1.54, 1.807) is 31.4 Å². The van der Waals surface area contributed by atoms with Crippen molar-refractivity contribution in [2.24, 2.45) is 0 Å². The lowest BCUT2D eigenvalue weighted by Gasteiger charge is -2.07. The van der Waals surface area contributed by atoms with Gasteiger partial charge >= 0.3 is 6.61 Å². The normalized spacial score (nSPS) is 10.9. The molecule has 0 aliphatic rings. The average molecular weight is 334 g/mol. The van der Waals surface area contributed by atoms with Crippen molar-refractivity contribution in [1.82, 2.24) is 0 Å². The third-order valence-electron chi connectivity index (χ3n) is 3.22. The molecule has 0 N–H and O–H groups in total. The van der Waals surface area contributed by atoms with Gasteiger partial charge in [0.15, 0.2) is 5.78 Å². The van der Waals surface area contributed by atoms with Crippen molar-refractivity contribution < 1.29 is 27.8 Å². The maximum Gasteiger partial charge on any atom is 0.387 e. The Morgan fingerprint density at radius 2 is 1.67 bits per heavy atom. The Balaban J connectivity index is 2.15. The van der Waals surface area contributed by atoms with Crippen molar-refractivity contribution in [3.05, 3.63) is 59.7 Å². The molecule has 2 aromatic rings. The molecule has 126 valence electrons. The number of hydrogen-bond acceptors (Lipinski definition) is 4. The summed E-state index contributed by atoms with van der Waals surface area (Å²) >= 11 is 0. The van der Waals surface area contributed by atoms with Gasteiger partial charge in [0, 0.05) is 11.1 Å². The van der Waals surface area contributed by atoms with Gasteiger partial charge in [-0.25, -0.2) is 0 Å². The molecule has 0 aliphatic carbocycles. The molecular formula is C18H16F2O4. The lowest BCUT2D eigenvalue weighted by atomic mass is 10.1. The van der Waals surface area contributed by atoms with E-state index in [9.17, 15) is 13.6 Å². The molecule has 4 nitrogen and oxygen atoms in total. The van der Waals surface area contributed by atoms with Crippen molar-refractivity contribution in [2.45, 2.75) is 6.61 Å². The SMILES string of the molecule is COc1ccc(OC)c(/C=C/C(=O)c2ccc(OC(F)F)cc2)c1. The van der Waals surface area contributed by atoms with Crippen molar-refractivity contribution in [1.29, 1.82) is 0 Å². The molecule has 0 aliphatic heterocycles. The number of alkyl halides is 2. The van der Waals surface area contributed by atoms with Gasteiger partial charge in [-0.15, -0.1) is 0 Å². The van der Waals surface area contributed by atoms with Crippen molar-refractivity contribution in [3.8, 4) is 17.2 Å². The summed E-state index contributed by atoms with van der Waals surface area (Å²) in [5, 5.41) is 0. The van der Waals surface area contributed by atoms with Gasteiger partial charge in [-0.05, 0) is 54.6 Å². The Hall–Kier alpha value is -2.89. The van der Waals surface area contributed by atoms with E-state index in [-0.39, 0.29) is 11.5 Å². The first-order valence-electron chi connectivity index (χ1n) is 7.03. The third kappa shape index (κ3) is 4.55. The smallest absolute Gasteiger partial charge is 0.387 e. The Kier molecular flexibility index (Phi) is 5.89. The maximum absolute atomic E-state index is 12.2. The van der Waals surface area contributed by atoms with E-state index in [0.29, 0.717) is 22.6 Å². The van der Waals surface area contributed by atoms with Gasteiger partial charge in [0.25, 0.3) is 0 Å². The predicted molar refractivity (Wildman–Crippen MR) is 86.0 cm³/mol. The molecule has 0 bridgehead atoms. The molecule has 0 saturated heterocycles. The van der Waals surface area contributed by atoms with Crippen LogP contribution in [0.15, 0.2) is 48.5 Å². The number of methoxy groups -OCH3 is 2. The molecule has 2 aromatic carbocycles. The van der Waals surface area contributed by atoms with E-state index in [1.807, 2.05) is 0 Å². The zero-order valence-electron chi connectivity index (χ0n) is 13.2. The summed E-state index contributed by atoms with van der Waals surface area (Å²) in [6, 6.07) is 10.7. The average Bonchev–Trinajstić information content (AvgIpc) is 2.59. The summed E-state index contributed by atoms with van der Waals surface area (Å²) in [7, 11) is 3.08. The van der Waals surface area contributed by atoms with Crippen LogP contribution >= 0.6 is 0 Å². The number of allylic oxidation sites excluding steroid dienone is 1. The van der Waals surface area contributed by atoms with E-state index >= 15 is 0 Å². The number of ether oxygens (including phenoxy) is 3. The van der Waals surface area contributed by atoms with Gasteiger partial charge in [-0.2, -0.15) is 8.78 Å². The van der Waals surface area contributed by atoms with Crippen LogP contribution < -0.4 is 14.2 Å². The summed E-state index contributed by atoms with van der Waals surface area (Å²) in [4.78, 5) is 12.2. The van der Waals surface area contributed by atoms with Gasteiger partial charge < -0.3 is 14.2 Å². The van der Waals surface area contributed by atoms with Crippen LogP contribution in [-0.2, 0) is 0 Å². The molecule has 0 heterocycles. The summed E-state index contributed by atoms with van der Waals surface area (Å²) < 4.78 is 38.8. The molecule has 0 unspecified atom stereocenters. The molecule has 0 atom stereocenters. The number of carbonyl (C=O) groups excluding carboxylic acids is 1. The number of halogens is 2. The molecule has 0 fully saturated rings. The van der Waals surface area contributed by atoms with Crippen LogP contribution in [0.5, 0.6) is 17.2 Å². The maximum atomic E-state index is 12.2. The van der Waals surface area contributed by atoms with E-state index in [4.69, 9.17) is 9.47 Å². The quantitative estimate of drug-likeness (QED) is 0.562. The second-order valence-electron chi connectivity index (χ2n) is 4.71. The van der Waals surface area contributed by atoms with Gasteiger partial charge in [0.05, 0.1) is 14.2 Å². The highest BCUT2D eigenvalue weighted by Gasteiger charge is 2.07. The Labute approximate surface area is 138 Å². The Bertz CT molecular complexity index is 724. The molecule has 24 heavy (non-hydrogen) atoms. The first-order chi connectivity index (χ1) is 11.5. The first kappa shape index (κ1) is 17.5. The molecule has 0 radical (unpaired) electrons. The monoisotopic (exact) mass is 334 g/mol. The van der Waals surface area contributed by atoms with E-state index in [2.05, 4.69) is 4.74 Å². The van der Waals surface area contributed by atoms with Crippen LogP contribution in [0.25, 0.3) is 6.08 Å². The van der Waals surface area contributed by atoms with Crippen LogP contribution in [0.2, 0.25) is 0 Å². The van der Waals surface area contributed by atoms with Crippen LogP contribution in [0.1, 0.15) is 15.9 Å². The third-order valence-corrected chi connectivity index (χ3v) is 3.22. The van der Waals surface area contributed by atoms with Crippen LogP contribution in [0.4, 0.5) is 8.78 Å². The lowest BCUT2D eigenvalue weighted by molar-refractivity contribution is -0.0498. The van der Waals surface area contributed by atoms with Crippen LogP contribution in [0.3, 0.4) is 0 Å². The number of carbonyl (C=O) groups is 1. The fourth-order valence-corrected chi connectivity index (χ4v) is 2.03. The minimum atomic E-state index is -2.90. The zero-order chi connectivity index (χ0) is 17.5. The second-order valence-corrected chi connectivity index (χ2v) is 4.71. The largest absolute Gasteiger partial charge is 0.497 e. The van der Waals surface area contributed by atoms with Gasteiger partial charge in [-0.3, -0.25) is 4.79 Å². The highest BCUT2D eigenvalue weighted by molar-refractivity contribution is 6.07. The Morgan fingerprint density at radius 3 is 2.25 bits per heavy atom. The Morgan fingerprint density at radius 1 is 1.00 bits per heavy atom. The van der Waals surface area contributed by atoms with E-state index < -0.39 is 6.61 Å². The molecule has 0 spiro atoms. The molecular weight excluding hydrogens is 318 g/mol. The topological polar surface area (TPSA) is 44.8 Å².